The number of nitrogens with zero attached hydrogens (tertiary/aromatic N) is 3. The normalized spacial score (nSPS) is 12.7. The predicted molar refractivity (Wildman–Crippen MR) is 111 cm³/mol. The highest BCUT2D eigenvalue weighted by Gasteiger charge is 2.16. The number of amides is 1. The Hall–Kier alpha value is -2.52. The van der Waals surface area contributed by atoms with Gasteiger partial charge in [-0.3, -0.25) is 14.8 Å². The summed E-state index contributed by atoms with van der Waals surface area (Å²) in [6.07, 6.45) is 2.10. The minimum Gasteiger partial charge on any atom is -0.296 e. The zero-order valence-corrected chi connectivity index (χ0v) is 17.8. The van der Waals surface area contributed by atoms with E-state index in [9.17, 15) is 13.2 Å². The lowest BCUT2D eigenvalue weighted by atomic mass is 10.2. The number of carbonyl (C=O) groups is 1. The second kappa shape index (κ2) is 7.84. The number of benzene rings is 1. The molecule has 1 unspecified atom stereocenters. The number of carbonyl (C=O) groups excluding carboxylic acids is 1. The van der Waals surface area contributed by atoms with Crippen molar-refractivity contribution in [2.24, 2.45) is 0 Å². The van der Waals surface area contributed by atoms with Crippen LogP contribution in [0, 0.1) is 6.92 Å². The number of thiazole rings is 1. The molecule has 0 spiro atoms. The molecule has 1 atom stereocenters. The second-order valence-electron chi connectivity index (χ2n) is 6.66. The second-order valence-corrected chi connectivity index (χ2v) is 9.54. The summed E-state index contributed by atoms with van der Waals surface area (Å²) in [6.45, 7) is 6.06. The van der Waals surface area contributed by atoms with Crippen LogP contribution >= 0.6 is 11.3 Å². The Kier molecular flexibility index (Phi) is 5.66. The van der Waals surface area contributed by atoms with E-state index < -0.39 is 9.84 Å². The SMILES string of the molecule is CCC(C)n1nc(C(=O)Nc2nc(-c3ccc(S(C)(=O)=O)cc3)cs2)cc1C. The molecule has 0 aliphatic carbocycles. The Labute approximate surface area is 168 Å². The van der Waals surface area contributed by atoms with Crippen LogP contribution in [0.2, 0.25) is 0 Å². The molecule has 0 bridgehead atoms. The molecule has 1 N–H and O–H groups in total. The molecule has 28 heavy (non-hydrogen) atoms. The van der Waals surface area contributed by atoms with Crippen molar-refractivity contribution in [3.05, 3.63) is 47.1 Å². The fourth-order valence-electron chi connectivity index (χ4n) is 2.72. The third kappa shape index (κ3) is 4.31. The highest BCUT2D eigenvalue weighted by molar-refractivity contribution is 7.90. The molecule has 148 valence electrons. The van der Waals surface area contributed by atoms with Gasteiger partial charge in [-0.2, -0.15) is 5.10 Å². The Morgan fingerprint density at radius 3 is 2.57 bits per heavy atom. The molecule has 3 rings (SSSR count). The maximum Gasteiger partial charge on any atom is 0.277 e. The smallest absolute Gasteiger partial charge is 0.277 e. The van der Waals surface area contributed by atoms with Gasteiger partial charge in [0, 0.05) is 28.9 Å². The molecule has 2 heterocycles. The molecule has 3 aromatic rings. The minimum absolute atomic E-state index is 0.225. The molecule has 0 aliphatic rings. The van der Waals surface area contributed by atoms with Gasteiger partial charge in [-0.05, 0) is 38.5 Å². The topological polar surface area (TPSA) is 93.9 Å². The first-order valence-corrected chi connectivity index (χ1v) is 11.6. The van der Waals surface area contributed by atoms with E-state index in [1.807, 2.05) is 17.0 Å². The number of aryl methyl sites for hydroxylation is 1. The van der Waals surface area contributed by atoms with Gasteiger partial charge in [0.05, 0.1) is 10.6 Å². The lowest BCUT2D eigenvalue weighted by molar-refractivity contribution is 0.102. The number of nitrogens with one attached hydrogen (secondary N) is 1. The van der Waals surface area contributed by atoms with Crippen LogP contribution in [0.3, 0.4) is 0 Å². The number of sulfone groups is 1. The average molecular weight is 419 g/mol. The van der Waals surface area contributed by atoms with Gasteiger partial charge in [0.15, 0.2) is 20.7 Å². The van der Waals surface area contributed by atoms with Gasteiger partial charge in [-0.15, -0.1) is 11.3 Å². The van der Waals surface area contributed by atoms with Gasteiger partial charge in [0.25, 0.3) is 5.91 Å². The summed E-state index contributed by atoms with van der Waals surface area (Å²) in [5.74, 6) is -0.307. The lowest BCUT2D eigenvalue weighted by Gasteiger charge is -2.10. The summed E-state index contributed by atoms with van der Waals surface area (Å²) in [5, 5.41) is 9.45. The Balaban J connectivity index is 1.75. The van der Waals surface area contributed by atoms with E-state index in [1.165, 1.54) is 17.6 Å². The molecule has 1 amide bonds. The summed E-state index contributed by atoms with van der Waals surface area (Å²) >= 11 is 1.30. The largest absolute Gasteiger partial charge is 0.296 e. The highest BCUT2D eigenvalue weighted by atomic mass is 32.2. The number of anilines is 1. The van der Waals surface area contributed by atoms with E-state index in [0.717, 1.165) is 17.7 Å². The van der Waals surface area contributed by atoms with Crippen LogP contribution in [0.1, 0.15) is 42.5 Å². The van der Waals surface area contributed by atoms with Gasteiger partial charge in [0.2, 0.25) is 0 Å². The van der Waals surface area contributed by atoms with Crippen molar-refractivity contribution in [2.75, 3.05) is 11.6 Å². The van der Waals surface area contributed by atoms with Gasteiger partial charge >= 0.3 is 0 Å². The number of aromatic nitrogens is 3. The van der Waals surface area contributed by atoms with Crippen LogP contribution in [0.15, 0.2) is 40.6 Å². The van der Waals surface area contributed by atoms with Crippen LogP contribution in [0.25, 0.3) is 11.3 Å². The zero-order valence-electron chi connectivity index (χ0n) is 16.1. The maximum absolute atomic E-state index is 12.5. The summed E-state index contributed by atoms with van der Waals surface area (Å²) in [4.78, 5) is 17.2. The van der Waals surface area contributed by atoms with Crippen LogP contribution in [-0.4, -0.2) is 35.3 Å². The number of rotatable bonds is 6. The van der Waals surface area contributed by atoms with Crippen LogP contribution in [-0.2, 0) is 9.84 Å². The third-order valence-electron chi connectivity index (χ3n) is 4.47. The standard InChI is InChI=1S/C19H22N4O3S2/c1-5-12(2)23-13(3)10-16(22-23)18(24)21-19-20-17(11-27-19)14-6-8-15(9-7-14)28(4,25)26/h6-12H,5H2,1-4H3,(H,20,21,24). The Morgan fingerprint density at radius 1 is 1.29 bits per heavy atom. The van der Waals surface area contributed by atoms with Gasteiger partial charge < -0.3 is 0 Å². The third-order valence-corrected chi connectivity index (χ3v) is 6.35. The Morgan fingerprint density at radius 2 is 1.96 bits per heavy atom. The maximum atomic E-state index is 12.5. The zero-order chi connectivity index (χ0) is 20.5. The monoisotopic (exact) mass is 418 g/mol. The summed E-state index contributed by atoms with van der Waals surface area (Å²) in [7, 11) is -3.24. The van der Waals surface area contributed by atoms with Gasteiger partial charge in [-0.1, -0.05) is 19.1 Å². The van der Waals surface area contributed by atoms with Crippen molar-refractivity contribution in [3.63, 3.8) is 0 Å². The molecular formula is C19H22N4O3S2. The summed E-state index contributed by atoms with van der Waals surface area (Å²) < 4.78 is 25.0. The predicted octanol–water partition coefficient (Wildman–Crippen LogP) is 3.94. The Bertz CT molecular complexity index is 1100. The molecule has 0 saturated heterocycles. The molecule has 7 nitrogen and oxygen atoms in total. The first-order chi connectivity index (χ1) is 13.2. The molecule has 0 aliphatic heterocycles. The van der Waals surface area contributed by atoms with E-state index in [-0.39, 0.29) is 16.8 Å². The number of hydrogen-bond acceptors (Lipinski definition) is 6. The van der Waals surface area contributed by atoms with Crippen molar-refractivity contribution in [2.45, 2.75) is 38.1 Å². The summed E-state index contributed by atoms with van der Waals surface area (Å²) in [5.41, 5.74) is 2.74. The van der Waals surface area contributed by atoms with E-state index in [4.69, 9.17) is 0 Å². The molecule has 2 aromatic heterocycles. The van der Waals surface area contributed by atoms with E-state index in [0.29, 0.717) is 16.5 Å². The first-order valence-electron chi connectivity index (χ1n) is 8.82. The van der Waals surface area contributed by atoms with Crippen LogP contribution in [0.5, 0.6) is 0 Å². The summed E-state index contributed by atoms with van der Waals surface area (Å²) in [6, 6.07) is 8.49. The van der Waals surface area contributed by atoms with E-state index in [1.54, 1.807) is 30.3 Å². The van der Waals surface area contributed by atoms with Crippen molar-refractivity contribution in [3.8, 4) is 11.3 Å². The molecule has 0 fully saturated rings. The molecular weight excluding hydrogens is 396 g/mol. The molecule has 0 radical (unpaired) electrons. The fraction of sp³-hybridized carbons (Fsp3) is 0.316. The highest BCUT2D eigenvalue weighted by Crippen LogP contribution is 2.26. The quantitative estimate of drug-likeness (QED) is 0.654. The number of hydrogen-bond donors (Lipinski definition) is 1. The molecule has 1 aromatic carbocycles. The van der Waals surface area contributed by atoms with Crippen LogP contribution in [0.4, 0.5) is 5.13 Å². The molecule has 0 saturated carbocycles. The van der Waals surface area contributed by atoms with Crippen molar-refractivity contribution in [1.29, 1.82) is 0 Å². The van der Waals surface area contributed by atoms with Crippen molar-refractivity contribution >= 4 is 32.2 Å². The van der Waals surface area contributed by atoms with Crippen molar-refractivity contribution < 1.29 is 13.2 Å². The van der Waals surface area contributed by atoms with Gasteiger partial charge in [-0.25, -0.2) is 13.4 Å². The fourth-order valence-corrected chi connectivity index (χ4v) is 4.06. The first kappa shape index (κ1) is 20.2. The van der Waals surface area contributed by atoms with E-state index >= 15 is 0 Å². The molecule has 9 heteroatoms. The van der Waals surface area contributed by atoms with Crippen LogP contribution < -0.4 is 5.32 Å². The average Bonchev–Trinajstić information content (AvgIpc) is 3.27. The van der Waals surface area contributed by atoms with Crippen molar-refractivity contribution in [1.82, 2.24) is 14.8 Å². The van der Waals surface area contributed by atoms with Gasteiger partial charge in [0.1, 0.15) is 0 Å². The lowest BCUT2D eigenvalue weighted by Crippen LogP contribution is -2.14. The minimum atomic E-state index is -3.24. The van der Waals surface area contributed by atoms with E-state index in [2.05, 4.69) is 29.2 Å².